The largest absolute Gasteiger partial charge is 0.349 e. The van der Waals surface area contributed by atoms with Crippen LogP contribution in [0.25, 0.3) is 0 Å². The predicted octanol–water partition coefficient (Wildman–Crippen LogP) is 3.18. The molecule has 7 heteroatoms. The molecule has 1 aromatic carbocycles. The fraction of sp³-hybridized carbons (Fsp3) is 0.350. The van der Waals surface area contributed by atoms with Crippen LogP contribution in [-0.2, 0) is 4.79 Å². The summed E-state index contributed by atoms with van der Waals surface area (Å²) in [6, 6.07) is 9.85. The Bertz CT molecular complexity index is 796. The Hall–Kier alpha value is -2.67. The van der Waals surface area contributed by atoms with Crippen LogP contribution in [0.1, 0.15) is 52.6 Å². The SMILES string of the molecule is CC(NC(=O)c1cccs1)C(=O)Nc1ccc(C(=O)NC2CCCC2)cc1. The first-order chi connectivity index (χ1) is 13.0. The van der Waals surface area contributed by atoms with Gasteiger partial charge >= 0.3 is 0 Å². The number of thiophene rings is 1. The number of carbonyl (C=O) groups is 3. The zero-order chi connectivity index (χ0) is 19.2. The van der Waals surface area contributed by atoms with Crippen LogP contribution < -0.4 is 16.0 Å². The van der Waals surface area contributed by atoms with E-state index in [1.165, 1.54) is 11.3 Å². The third-order valence-electron chi connectivity index (χ3n) is 4.59. The van der Waals surface area contributed by atoms with Gasteiger partial charge in [-0.2, -0.15) is 0 Å². The Labute approximate surface area is 162 Å². The number of amides is 3. The first-order valence-corrected chi connectivity index (χ1v) is 9.97. The predicted molar refractivity (Wildman–Crippen MR) is 106 cm³/mol. The van der Waals surface area contributed by atoms with E-state index >= 15 is 0 Å². The summed E-state index contributed by atoms with van der Waals surface area (Å²) in [5.41, 5.74) is 1.15. The van der Waals surface area contributed by atoms with Gasteiger partial charge in [-0.05, 0) is 55.5 Å². The molecule has 1 atom stereocenters. The Kier molecular flexibility index (Phi) is 6.24. The molecule has 1 aliphatic rings. The zero-order valence-electron chi connectivity index (χ0n) is 15.2. The van der Waals surface area contributed by atoms with Crippen LogP contribution in [-0.4, -0.2) is 29.8 Å². The summed E-state index contributed by atoms with van der Waals surface area (Å²) < 4.78 is 0. The topological polar surface area (TPSA) is 87.3 Å². The monoisotopic (exact) mass is 385 g/mol. The van der Waals surface area contributed by atoms with E-state index in [-0.39, 0.29) is 23.8 Å². The van der Waals surface area contributed by atoms with E-state index in [0.29, 0.717) is 16.1 Å². The maximum absolute atomic E-state index is 12.3. The van der Waals surface area contributed by atoms with Gasteiger partial charge in [0, 0.05) is 17.3 Å². The summed E-state index contributed by atoms with van der Waals surface area (Å²) in [6.07, 6.45) is 4.40. The van der Waals surface area contributed by atoms with Crippen molar-refractivity contribution in [2.45, 2.75) is 44.7 Å². The number of benzene rings is 1. The molecule has 3 rings (SSSR count). The fourth-order valence-corrected chi connectivity index (χ4v) is 3.66. The van der Waals surface area contributed by atoms with Crippen molar-refractivity contribution in [1.82, 2.24) is 10.6 Å². The quantitative estimate of drug-likeness (QED) is 0.714. The van der Waals surface area contributed by atoms with Crippen LogP contribution in [0.3, 0.4) is 0 Å². The molecule has 0 aliphatic heterocycles. The Morgan fingerprint density at radius 3 is 2.37 bits per heavy atom. The molecule has 0 saturated heterocycles. The van der Waals surface area contributed by atoms with Crippen LogP contribution in [0.15, 0.2) is 41.8 Å². The number of carbonyl (C=O) groups excluding carboxylic acids is 3. The highest BCUT2D eigenvalue weighted by atomic mass is 32.1. The van der Waals surface area contributed by atoms with Gasteiger partial charge in [-0.15, -0.1) is 11.3 Å². The van der Waals surface area contributed by atoms with Gasteiger partial charge in [0.15, 0.2) is 0 Å². The van der Waals surface area contributed by atoms with Crippen LogP contribution in [0.2, 0.25) is 0 Å². The maximum atomic E-state index is 12.3. The van der Waals surface area contributed by atoms with Crippen LogP contribution in [0.4, 0.5) is 5.69 Å². The molecule has 0 radical (unpaired) electrons. The average Bonchev–Trinajstić information content (AvgIpc) is 3.36. The molecule has 1 fully saturated rings. The van der Waals surface area contributed by atoms with Crippen molar-refractivity contribution < 1.29 is 14.4 Å². The standard InChI is InChI=1S/C20H23N3O3S/c1-13(21-20(26)17-7-4-12-27-17)18(24)22-16-10-8-14(9-11-16)19(25)23-15-5-2-3-6-15/h4,7-13,15H,2-3,5-6H2,1H3,(H,21,26)(H,22,24)(H,23,25). The van der Waals surface area contributed by atoms with Crippen molar-refractivity contribution >= 4 is 34.7 Å². The average molecular weight is 385 g/mol. The molecule has 1 aromatic heterocycles. The lowest BCUT2D eigenvalue weighted by Crippen LogP contribution is -2.41. The van der Waals surface area contributed by atoms with Gasteiger partial charge in [-0.1, -0.05) is 18.9 Å². The molecule has 6 nitrogen and oxygen atoms in total. The van der Waals surface area contributed by atoms with E-state index in [1.54, 1.807) is 43.3 Å². The first-order valence-electron chi connectivity index (χ1n) is 9.09. The number of nitrogens with one attached hydrogen (secondary N) is 3. The summed E-state index contributed by atoms with van der Waals surface area (Å²) in [7, 11) is 0. The zero-order valence-corrected chi connectivity index (χ0v) is 16.0. The van der Waals surface area contributed by atoms with E-state index in [0.717, 1.165) is 25.7 Å². The maximum Gasteiger partial charge on any atom is 0.261 e. The highest BCUT2D eigenvalue weighted by Gasteiger charge is 2.19. The molecule has 2 aromatic rings. The minimum atomic E-state index is -0.676. The van der Waals surface area contributed by atoms with Crippen LogP contribution in [0, 0.1) is 0 Å². The minimum absolute atomic E-state index is 0.0867. The van der Waals surface area contributed by atoms with Crippen molar-refractivity contribution in [3.8, 4) is 0 Å². The summed E-state index contributed by atoms with van der Waals surface area (Å²) in [5, 5.41) is 10.3. The lowest BCUT2D eigenvalue weighted by molar-refractivity contribution is -0.117. The Morgan fingerprint density at radius 1 is 1.04 bits per heavy atom. The molecule has 3 N–H and O–H groups in total. The lowest BCUT2D eigenvalue weighted by atomic mass is 10.1. The van der Waals surface area contributed by atoms with E-state index in [2.05, 4.69) is 16.0 Å². The molecule has 0 spiro atoms. The summed E-state index contributed by atoms with van der Waals surface area (Å²) in [4.78, 5) is 37.1. The van der Waals surface area contributed by atoms with Crippen LogP contribution in [0.5, 0.6) is 0 Å². The summed E-state index contributed by atoms with van der Waals surface area (Å²) in [6.45, 7) is 1.63. The highest BCUT2D eigenvalue weighted by molar-refractivity contribution is 7.12. The van der Waals surface area contributed by atoms with Gasteiger partial charge in [-0.25, -0.2) is 0 Å². The molecular weight excluding hydrogens is 362 g/mol. The second-order valence-electron chi connectivity index (χ2n) is 6.69. The summed E-state index contributed by atoms with van der Waals surface area (Å²) >= 11 is 1.32. The van der Waals surface area contributed by atoms with Crippen molar-refractivity contribution in [2.24, 2.45) is 0 Å². The smallest absolute Gasteiger partial charge is 0.261 e. The van der Waals surface area contributed by atoms with E-state index in [4.69, 9.17) is 0 Å². The normalized spacial score (nSPS) is 15.1. The van der Waals surface area contributed by atoms with Gasteiger partial charge < -0.3 is 16.0 Å². The lowest BCUT2D eigenvalue weighted by Gasteiger charge is -2.14. The summed E-state index contributed by atoms with van der Waals surface area (Å²) in [5.74, 6) is -0.675. The number of hydrogen-bond acceptors (Lipinski definition) is 4. The molecule has 1 aliphatic carbocycles. The third-order valence-corrected chi connectivity index (χ3v) is 5.46. The molecule has 27 heavy (non-hydrogen) atoms. The first kappa shape index (κ1) is 19.1. The molecular formula is C20H23N3O3S. The highest BCUT2D eigenvalue weighted by Crippen LogP contribution is 2.18. The second-order valence-corrected chi connectivity index (χ2v) is 7.64. The van der Waals surface area contributed by atoms with Crippen molar-refractivity contribution in [3.05, 3.63) is 52.2 Å². The van der Waals surface area contributed by atoms with Gasteiger partial charge in [0.1, 0.15) is 6.04 Å². The molecule has 1 unspecified atom stereocenters. The molecule has 142 valence electrons. The van der Waals surface area contributed by atoms with Gasteiger partial charge in [-0.3, -0.25) is 14.4 Å². The van der Waals surface area contributed by atoms with Gasteiger partial charge in [0.2, 0.25) is 5.91 Å². The second kappa shape index (κ2) is 8.81. The molecule has 1 saturated carbocycles. The molecule has 0 bridgehead atoms. The molecule has 1 heterocycles. The fourth-order valence-electron chi connectivity index (χ4n) is 3.04. The number of rotatable bonds is 6. The Morgan fingerprint density at radius 2 is 1.74 bits per heavy atom. The third kappa shape index (κ3) is 5.17. The van der Waals surface area contributed by atoms with E-state index in [9.17, 15) is 14.4 Å². The van der Waals surface area contributed by atoms with E-state index < -0.39 is 6.04 Å². The van der Waals surface area contributed by atoms with E-state index in [1.807, 2.05) is 5.38 Å². The van der Waals surface area contributed by atoms with Crippen molar-refractivity contribution in [2.75, 3.05) is 5.32 Å². The number of hydrogen-bond donors (Lipinski definition) is 3. The van der Waals surface area contributed by atoms with Crippen molar-refractivity contribution in [3.63, 3.8) is 0 Å². The number of anilines is 1. The van der Waals surface area contributed by atoms with Crippen molar-refractivity contribution in [1.29, 1.82) is 0 Å². The minimum Gasteiger partial charge on any atom is -0.349 e. The molecule has 3 amide bonds. The van der Waals surface area contributed by atoms with Gasteiger partial charge in [0.05, 0.1) is 4.88 Å². The van der Waals surface area contributed by atoms with Crippen LogP contribution >= 0.6 is 11.3 Å². The Balaban J connectivity index is 1.51. The van der Waals surface area contributed by atoms with Gasteiger partial charge in [0.25, 0.3) is 11.8 Å².